The quantitative estimate of drug-likeness (QED) is 0.834. The van der Waals surface area contributed by atoms with Crippen LogP contribution in [-0.2, 0) is 6.42 Å². The van der Waals surface area contributed by atoms with Gasteiger partial charge in [-0.3, -0.25) is 4.79 Å². The highest BCUT2D eigenvalue weighted by Crippen LogP contribution is 2.11. The Labute approximate surface area is 109 Å². The van der Waals surface area contributed by atoms with Gasteiger partial charge in [0.1, 0.15) is 0 Å². The number of carbonyl (C=O) groups excluding carboxylic acids is 1. The first kappa shape index (κ1) is 13.1. The molecule has 1 saturated heterocycles. The molecule has 1 unspecified atom stereocenters. The maximum absolute atomic E-state index is 11.9. The molecule has 0 bridgehead atoms. The van der Waals surface area contributed by atoms with E-state index in [2.05, 4.69) is 17.6 Å². The second-order valence-electron chi connectivity index (χ2n) is 4.95. The summed E-state index contributed by atoms with van der Waals surface area (Å²) in [5.41, 5.74) is 2.03. The third-order valence-electron chi connectivity index (χ3n) is 3.62. The maximum atomic E-state index is 11.9. The molecule has 18 heavy (non-hydrogen) atoms. The predicted octanol–water partition coefficient (Wildman–Crippen LogP) is 1.98. The molecular weight excluding hydrogens is 224 g/mol. The molecule has 0 spiro atoms. The van der Waals surface area contributed by atoms with Crippen LogP contribution in [0.3, 0.4) is 0 Å². The summed E-state index contributed by atoms with van der Waals surface area (Å²) in [7, 11) is 0. The zero-order valence-corrected chi connectivity index (χ0v) is 11.0. The standard InChI is InChI=1S/C15H22N2O/c1-2-12-3-5-14(6-4-12)15(18)17-10-8-13-7-9-16-11-13/h3-6,13,16H,2,7-11H2,1H3,(H,17,18). The highest BCUT2D eigenvalue weighted by atomic mass is 16.1. The number of hydrogen-bond acceptors (Lipinski definition) is 2. The molecule has 0 aromatic heterocycles. The molecule has 1 aromatic rings. The first-order valence-corrected chi connectivity index (χ1v) is 6.87. The van der Waals surface area contributed by atoms with Crippen molar-refractivity contribution in [3.05, 3.63) is 35.4 Å². The summed E-state index contributed by atoms with van der Waals surface area (Å²) in [4.78, 5) is 11.9. The van der Waals surface area contributed by atoms with E-state index in [1.807, 2.05) is 24.3 Å². The van der Waals surface area contributed by atoms with Gasteiger partial charge in [0.15, 0.2) is 0 Å². The van der Waals surface area contributed by atoms with Crippen LogP contribution >= 0.6 is 0 Å². The lowest BCUT2D eigenvalue weighted by atomic mass is 10.1. The number of rotatable bonds is 5. The summed E-state index contributed by atoms with van der Waals surface area (Å²) in [5, 5.41) is 6.34. The van der Waals surface area contributed by atoms with E-state index in [4.69, 9.17) is 0 Å². The van der Waals surface area contributed by atoms with Crippen molar-refractivity contribution in [3.8, 4) is 0 Å². The van der Waals surface area contributed by atoms with Crippen LogP contribution in [0.15, 0.2) is 24.3 Å². The Hall–Kier alpha value is -1.35. The molecule has 0 aliphatic carbocycles. The number of hydrogen-bond donors (Lipinski definition) is 2. The van der Waals surface area contributed by atoms with Crippen molar-refractivity contribution in [1.29, 1.82) is 0 Å². The number of carbonyl (C=O) groups is 1. The number of amides is 1. The van der Waals surface area contributed by atoms with Gasteiger partial charge < -0.3 is 10.6 Å². The van der Waals surface area contributed by atoms with Crippen LogP contribution in [0, 0.1) is 5.92 Å². The second kappa shape index (κ2) is 6.55. The third kappa shape index (κ3) is 3.57. The molecule has 3 nitrogen and oxygen atoms in total. The van der Waals surface area contributed by atoms with E-state index >= 15 is 0 Å². The van der Waals surface area contributed by atoms with Crippen molar-refractivity contribution in [2.45, 2.75) is 26.2 Å². The summed E-state index contributed by atoms with van der Waals surface area (Å²) in [6.45, 7) is 5.11. The number of benzene rings is 1. The van der Waals surface area contributed by atoms with Crippen LogP contribution in [-0.4, -0.2) is 25.5 Å². The predicted molar refractivity (Wildman–Crippen MR) is 73.7 cm³/mol. The molecule has 1 aromatic carbocycles. The lowest BCUT2D eigenvalue weighted by Crippen LogP contribution is -2.26. The van der Waals surface area contributed by atoms with Crippen molar-refractivity contribution in [2.75, 3.05) is 19.6 Å². The molecule has 1 aliphatic heterocycles. The topological polar surface area (TPSA) is 41.1 Å². The van der Waals surface area contributed by atoms with E-state index < -0.39 is 0 Å². The van der Waals surface area contributed by atoms with Gasteiger partial charge in [0, 0.05) is 12.1 Å². The number of nitrogens with one attached hydrogen (secondary N) is 2. The molecule has 0 radical (unpaired) electrons. The number of aryl methyl sites for hydroxylation is 1. The molecular formula is C15H22N2O. The van der Waals surface area contributed by atoms with Crippen molar-refractivity contribution in [1.82, 2.24) is 10.6 Å². The summed E-state index contributed by atoms with van der Waals surface area (Å²) in [6, 6.07) is 7.86. The fourth-order valence-corrected chi connectivity index (χ4v) is 2.34. The van der Waals surface area contributed by atoms with E-state index in [-0.39, 0.29) is 5.91 Å². The minimum atomic E-state index is 0.0450. The van der Waals surface area contributed by atoms with Gasteiger partial charge in [-0.15, -0.1) is 0 Å². The summed E-state index contributed by atoms with van der Waals surface area (Å²) in [6.07, 6.45) is 3.32. The highest BCUT2D eigenvalue weighted by molar-refractivity contribution is 5.94. The monoisotopic (exact) mass is 246 g/mol. The maximum Gasteiger partial charge on any atom is 0.251 e. The van der Waals surface area contributed by atoms with E-state index in [1.54, 1.807) is 0 Å². The average Bonchev–Trinajstić information content (AvgIpc) is 2.92. The van der Waals surface area contributed by atoms with Crippen molar-refractivity contribution < 1.29 is 4.79 Å². The molecule has 1 heterocycles. The molecule has 0 saturated carbocycles. The van der Waals surface area contributed by atoms with Crippen LogP contribution in [0.25, 0.3) is 0 Å². The van der Waals surface area contributed by atoms with Gasteiger partial charge in [-0.1, -0.05) is 19.1 Å². The highest BCUT2D eigenvalue weighted by Gasteiger charge is 2.14. The van der Waals surface area contributed by atoms with Crippen molar-refractivity contribution in [3.63, 3.8) is 0 Å². The zero-order valence-electron chi connectivity index (χ0n) is 11.0. The summed E-state index contributed by atoms with van der Waals surface area (Å²) >= 11 is 0. The Morgan fingerprint density at radius 3 is 2.78 bits per heavy atom. The Balaban J connectivity index is 1.76. The SMILES string of the molecule is CCc1ccc(C(=O)NCCC2CCNC2)cc1. The van der Waals surface area contributed by atoms with Crippen LogP contribution < -0.4 is 10.6 Å². The van der Waals surface area contributed by atoms with Crippen LogP contribution in [0.5, 0.6) is 0 Å². The van der Waals surface area contributed by atoms with Crippen LogP contribution in [0.4, 0.5) is 0 Å². The van der Waals surface area contributed by atoms with Gasteiger partial charge in [-0.25, -0.2) is 0 Å². The second-order valence-corrected chi connectivity index (χ2v) is 4.95. The van der Waals surface area contributed by atoms with E-state index in [1.165, 1.54) is 12.0 Å². The Bertz CT molecular complexity index is 380. The van der Waals surface area contributed by atoms with E-state index in [0.29, 0.717) is 0 Å². The van der Waals surface area contributed by atoms with Gasteiger partial charge in [0.05, 0.1) is 0 Å². The minimum absolute atomic E-state index is 0.0450. The first-order valence-electron chi connectivity index (χ1n) is 6.87. The molecule has 1 aliphatic rings. The molecule has 2 N–H and O–H groups in total. The zero-order chi connectivity index (χ0) is 12.8. The van der Waals surface area contributed by atoms with Gasteiger partial charge >= 0.3 is 0 Å². The molecule has 3 heteroatoms. The fourth-order valence-electron chi connectivity index (χ4n) is 2.34. The lowest BCUT2D eigenvalue weighted by Gasteiger charge is -2.09. The lowest BCUT2D eigenvalue weighted by molar-refractivity contribution is 0.0951. The molecule has 1 fully saturated rings. The largest absolute Gasteiger partial charge is 0.352 e. The third-order valence-corrected chi connectivity index (χ3v) is 3.62. The van der Waals surface area contributed by atoms with E-state index in [9.17, 15) is 4.79 Å². The summed E-state index contributed by atoms with van der Waals surface area (Å²) in [5.74, 6) is 0.774. The molecule has 2 rings (SSSR count). The van der Waals surface area contributed by atoms with Crippen LogP contribution in [0.2, 0.25) is 0 Å². The molecule has 1 amide bonds. The normalized spacial score (nSPS) is 18.8. The first-order chi connectivity index (χ1) is 8.79. The van der Waals surface area contributed by atoms with Gasteiger partial charge in [-0.05, 0) is 56.0 Å². The van der Waals surface area contributed by atoms with Gasteiger partial charge in [0.25, 0.3) is 5.91 Å². The Morgan fingerprint density at radius 1 is 1.39 bits per heavy atom. The van der Waals surface area contributed by atoms with Crippen LogP contribution in [0.1, 0.15) is 35.7 Å². The van der Waals surface area contributed by atoms with Crippen molar-refractivity contribution in [2.24, 2.45) is 5.92 Å². The van der Waals surface area contributed by atoms with Crippen molar-refractivity contribution >= 4 is 5.91 Å². The molecule has 98 valence electrons. The van der Waals surface area contributed by atoms with E-state index in [0.717, 1.165) is 44.0 Å². The average molecular weight is 246 g/mol. The summed E-state index contributed by atoms with van der Waals surface area (Å²) < 4.78 is 0. The Morgan fingerprint density at radius 2 is 2.17 bits per heavy atom. The fraction of sp³-hybridized carbons (Fsp3) is 0.533. The molecule has 1 atom stereocenters. The minimum Gasteiger partial charge on any atom is -0.352 e. The van der Waals surface area contributed by atoms with Gasteiger partial charge in [0.2, 0.25) is 0 Å². The smallest absolute Gasteiger partial charge is 0.251 e. The Kier molecular flexibility index (Phi) is 4.76. The van der Waals surface area contributed by atoms with Gasteiger partial charge in [-0.2, -0.15) is 0 Å².